The van der Waals surface area contributed by atoms with Gasteiger partial charge >= 0.3 is 12.1 Å². The summed E-state index contributed by atoms with van der Waals surface area (Å²) in [6.45, 7) is 5.89. The minimum absolute atomic E-state index is 0.0383. The van der Waals surface area contributed by atoms with E-state index in [1.54, 1.807) is 6.92 Å². The lowest BCUT2D eigenvalue weighted by atomic mass is 9.68. The molecule has 1 saturated carbocycles. The van der Waals surface area contributed by atoms with Crippen molar-refractivity contribution in [3.05, 3.63) is 35.1 Å². The molecule has 2 aliphatic rings. The molecule has 2 N–H and O–H groups in total. The number of hydrogen-bond donors (Lipinski definition) is 2. The van der Waals surface area contributed by atoms with Crippen molar-refractivity contribution in [2.45, 2.75) is 76.8 Å². The zero-order valence-corrected chi connectivity index (χ0v) is 20.2. The van der Waals surface area contributed by atoms with Crippen molar-refractivity contribution in [3.63, 3.8) is 0 Å². The van der Waals surface area contributed by atoms with Crippen LogP contribution in [-0.2, 0) is 15.8 Å². The number of rotatable bonds is 6. The SMILES string of the molecule is CC(C)N(C)[C@@H]1CC[C@H](N2CCC(NC(=O)c3cc(F)cc(C(F)(F)F)c3)C2=O)[C@](C)(C(=O)O)C1. The van der Waals surface area contributed by atoms with Crippen molar-refractivity contribution in [3.8, 4) is 0 Å². The van der Waals surface area contributed by atoms with E-state index in [-0.39, 0.29) is 25.0 Å². The lowest BCUT2D eigenvalue weighted by Crippen LogP contribution is -2.58. The van der Waals surface area contributed by atoms with E-state index in [0.29, 0.717) is 37.5 Å². The van der Waals surface area contributed by atoms with Crippen molar-refractivity contribution in [2.24, 2.45) is 5.41 Å². The molecule has 2 amide bonds. The standard InChI is InChI=1S/C24H31F4N3O4/c1-13(2)30(4)17-5-6-19(23(3,12-17)22(34)35)31-8-7-18(21(31)33)29-20(32)14-9-15(24(26,27)28)11-16(25)10-14/h9-11,13,17-19H,5-8,12H2,1-4H3,(H,29,32)(H,34,35)/t17-,18?,19+,23-/m1/s1. The molecule has 0 spiro atoms. The Labute approximate surface area is 201 Å². The average molecular weight is 502 g/mol. The number of carboxylic acid groups (broad SMARTS) is 1. The zero-order chi connectivity index (χ0) is 26.3. The molecule has 1 unspecified atom stereocenters. The van der Waals surface area contributed by atoms with E-state index < -0.39 is 58.4 Å². The Morgan fingerprint density at radius 3 is 2.43 bits per heavy atom. The number of nitrogens with one attached hydrogen (secondary N) is 1. The quantitative estimate of drug-likeness (QED) is 0.583. The van der Waals surface area contributed by atoms with Crippen molar-refractivity contribution >= 4 is 17.8 Å². The summed E-state index contributed by atoms with van der Waals surface area (Å²) in [6.07, 6.45) is -3.14. The molecule has 1 aromatic rings. The first kappa shape index (κ1) is 26.9. The average Bonchev–Trinajstić information content (AvgIpc) is 3.11. The molecular weight excluding hydrogens is 470 g/mol. The van der Waals surface area contributed by atoms with Gasteiger partial charge in [-0.25, -0.2) is 4.39 Å². The molecule has 194 valence electrons. The summed E-state index contributed by atoms with van der Waals surface area (Å²) < 4.78 is 52.7. The minimum atomic E-state index is -4.83. The Morgan fingerprint density at radius 2 is 1.86 bits per heavy atom. The molecule has 35 heavy (non-hydrogen) atoms. The van der Waals surface area contributed by atoms with Crippen LogP contribution >= 0.6 is 0 Å². The summed E-state index contributed by atoms with van der Waals surface area (Å²) in [6, 6.07) is 0.143. The van der Waals surface area contributed by atoms with E-state index in [1.165, 1.54) is 4.90 Å². The van der Waals surface area contributed by atoms with Gasteiger partial charge in [0.2, 0.25) is 5.91 Å². The van der Waals surface area contributed by atoms with Gasteiger partial charge in [-0.15, -0.1) is 0 Å². The Bertz CT molecular complexity index is 999. The van der Waals surface area contributed by atoms with Crippen molar-refractivity contribution in [2.75, 3.05) is 13.6 Å². The predicted octanol–water partition coefficient (Wildman–Crippen LogP) is 3.53. The highest BCUT2D eigenvalue weighted by Gasteiger charge is 2.52. The van der Waals surface area contributed by atoms with E-state index in [0.717, 1.165) is 0 Å². The van der Waals surface area contributed by atoms with Crippen LogP contribution in [0.5, 0.6) is 0 Å². The highest BCUT2D eigenvalue weighted by atomic mass is 19.4. The van der Waals surface area contributed by atoms with Crippen LogP contribution in [0.1, 0.15) is 62.4 Å². The lowest BCUT2D eigenvalue weighted by molar-refractivity contribution is -0.159. The first-order valence-corrected chi connectivity index (χ1v) is 11.6. The number of halogens is 4. The number of carbonyl (C=O) groups is 3. The fourth-order valence-corrected chi connectivity index (χ4v) is 5.17. The van der Waals surface area contributed by atoms with Crippen LogP contribution < -0.4 is 5.32 Å². The fourth-order valence-electron chi connectivity index (χ4n) is 5.17. The van der Waals surface area contributed by atoms with Crippen LogP contribution in [0.15, 0.2) is 18.2 Å². The van der Waals surface area contributed by atoms with Gasteiger partial charge in [-0.1, -0.05) is 0 Å². The molecule has 1 aliphatic carbocycles. The maximum Gasteiger partial charge on any atom is 0.416 e. The monoisotopic (exact) mass is 501 g/mol. The minimum Gasteiger partial charge on any atom is -0.481 e. The van der Waals surface area contributed by atoms with Gasteiger partial charge in [-0.05, 0) is 71.7 Å². The van der Waals surface area contributed by atoms with Gasteiger partial charge in [0.15, 0.2) is 0 Å². The highest BCUT2D eigenvalue weighted by Crippen LogP contribution is 2.42. The lowest BCUT2D eigenvalue weighted by Gasteiger charge is -2.48. The van der Waals surface area contributed by atoms with Crippen LogP contribution in [0.3, 0.4) is 0 Å². The number of nitrogens with zero attached hydrogens (tertiary/aromatic N) is 2. The molecule has 11 heteroatoms. The third-order valence-electron chi connectivity index (χ3n) is 7.46. The number of benzene rings is 1. The number of amides is 2. The van der Waals surface area contributed by atoms with Crippen molar-refractivity contribution in [1.82, 2.24) is 15.1 Å². The van der Waals surface area contributed by atoms with Gasteiger partial charge in [-0.2, -0.15) is 13.2 Å². The molecule has 0 bridgehead atoms. The number of likely N-dealkylation sites (tertiary alicyclic amines) is 1. The normalized spacial score (nSPS) is 27.5. The molecule has 4 atom stereocenters. The summed E-state index contributed by atoms with van der Waals surface area (Å²) in [4.78, 5) is 41.6. The third-order valence-corrected chi connectivity index (χ3v) is 7.46. The van der Waals surface area contributed by atoms with Gasteiger partial charge in [-0.3, -0.25) is 14.4 Å². The van der Waals surface area contributed by atoms with E-state index in [4.69, 9.17) is 0 Å². The second-order valence-corrected chi connectivity index (χ2v) is 10.0. The zero-order valence-electron chi connectivity index (χ0n) is 20.2. The van der Waals surface area contributed by atoms with Crippen molar-refractivity contribution < 1.29 is 37.1 Å². The van der Waals surface area contributed by atoms with Crippen LogP contribution in [0.2, 0.25) is 0 Å². The molecule has 1 aromatic carbocycles. The maximum atomic E-state index is 13.7. The molecular formula is C24H31F4N3O4. The van der Waals surface area contributed by atoms with E-state index in [2.05, 4.69) is 10.2 Å². The number of carboxylic acids is 1. The molecule has 0 aromatic heterocycles. The highest BCUT2D eigenvalue weighted by molar-refractivity contribution is 5.98. The Morgan fingerprint density at radius 1 is 1.20 bits per heavy atom. The second-order valence-electron chi connectivity index (χ2n) is 10.0. The topological polar surface area (TPSA) is 90.0 Å². The van der Waals surface area contributed by atoms with E-state index >= 15 is 0 Å². The Balaban J connectivity index is 1.75. The molecule has 1 heterocycles. The number of aliphatic carboxylic acids is 1. The molecule has 1 aliphatic heterocycles. The summed E-state index contributed by atoms with van der Waals surface area (Å²) >= 11 is 0. The van der Waals surface area contributed by atoms with Gasteiger partial charge in [0.05, 0.1) is 11.0 Å². The van der Waals surface area contributed by atoms with Crippen LogP contribution in [0.25, 0.3) is 0 Å². The molecule has 3 rings (SSSR count). The Kier molecular flexibility index (Phi) is 7.50. The predicted molar refractivity (Wildman–Crippen MR) is 119 cm³/mol. The van der Waals surface area contributed by atoms with Crippen LogP contribution in [-0.4, -0.2) is 70.4 Å². The number of alkyl halides is 3. The summed E-state index contributed by atoms with van der Waals surface area (Å²) in [5.74, 6) is -3.72. The van der Waals surface area contributed by atoms with Gasteiger partial charge in [0.25, 0.3) is 5.91 Å². The van der Waals surface area contributed by atoms with E-state index in [1.807, 2.05) is 20.9 Å². The number of carbonyl (C=O) groups excluding carboxylic acids is 2. The molecule has 7 nitrogen and oxygen atoms in total. The third kappa shape index (κ3) is 5.44. The first-order valence-electron chi connectivity index (χ1n) is 11.6. The summed E-state index contributed by atoms with van der Waals surface area (Å²) in [5, 5.41) is 12.5. The van der Waals surface area contributed by atoms with Gasteiger partial charge in [0, 0.05) is 30.2 Å². The second kappa shape index (κ2) is 9.75. The maximum absolute atomic E-state index is 13.7. The number of hydrogen-bond acceptors (Lipinski definition) is 4. The fraction of sp³-hybridized carbons (Fsp3) is 0.625. The molecule has 2 fully saturated rings. The largest absolute Gasteiger partial charge is 0.481 e. The van der Waals surface area contributed by atoms with Gasteiger partial charge in [0.1, 0.15) is 11.9 Å². The van der Waals surface area contributed by atoms with Crippen LogP contribution in [0.4, 0.5) is 17.6 Å². The molecule has 1 saturated heterocycles. The molecule has 0 radical (unpaired) electrons. The Hall–Kier alpha value is -2.69. The first-order chi connectivity index (χ1) is 16.1. The summed E-state index contributed by atoms with van der Waals surface area (Å²) in [5.41, 5.74) is -3.05. The smallest absolute Gasteiger partial charge is 0.416 e. The summed E-state index contributed by atoms with van der Waals surface area (Å²) in [7, 11) is 1.95. The van der Waals surface area contributed by atoms with Crippen molar-refractivity contribution in [1.29, 1.82) is 0 Å². The van der Waals surface area contributed by atoms with E-state index in [9.17, 15) is 37.1 Å². The van der Waals surface area contributed by atoms with Crippen LogP contribution in [0, 0.1) is 11.2 Å². The van der Waals surface area contributed by atoms with Gasteiger partial charge < -0.3 is 20.2 Å².